The molecule has 2 amide bonds. The molecule has 2 aromatic heterocycles. The molecule has 9 heteroatoms. The molecule has 1 fully saturated rings. The number of amides is 2. The van der Waals surface area contributed by atoms with Gasteiger partial charge in [0.2, 0.25) is 0 Å². The van der Waals surface area contributed by atoms with E-state index in [0.717, 1.165) is 61.7 Å². The normalized spacial score (nSPS) is 16.5. The number of imidazole rings is 1. The van der Waals surface area contributed by atoms with Gasteiger partial charge in [-0.3, -0.25) is 0 Å². The number of carbonyl (C=O) groups is 1. The SMILES string of the molecule is CC(C)N(CCCNC(=O)Nc1ccc(C(C)(C)C)cc1)CC1CCCN(c2ncnc3nc[nH]c23)C1. The Bertz CT molecular complexity index is 1150. The maximum atomic E-state index is 12.4. The average Bonchev–Trinajstić information content (AvgIpc) is 3.35. The van der Waals surface area contributed by atoms with E-state index in [4.69, 9.17) is 0 Å². The summed E-state index contributed by atoms with van der Waals surface area (Å²) in [4.78, 5) is 33.6. The number of nitrogens with zero attached hydrogens (tertiary/aromatic N) is 5. The Morgan fingerprint density at radius 3 is 2.70 bits per heavy atom. The largest absolute Gasteiger partial charge is 0.354 e. The second-order valence-corrected chi connectivity index (χ2v) is 11.4. The van der Waals surface area contributed by atoms with E-state index in [-0.39, 0.29) is 11.4 Å². The lowest BCUT2D eigenvalue weighted by atomic mass is 9.87. The van der Waals surface area contributed by atoms with Crippen LogP contribution in [0.4, 0.5) is 16.3 Å². The highest BCUT2D eigenvalue weighted by molar-refractivity contribution is 5.89. The monoisotopic (exact) mass is 506 g/mol. The van der Waals surface area contributed by atoms with Crippen LogP contribution in [0, 0.1) is 5.92 Å². The zero-order valence-electron chi connectivity index (χ0n) is 22.9. The molecule has 0 bridgehead atoms. The summed E-state index contributed by atoms with van der Waals surface area (Å²) in [5.41, 5.74) is 3.79. The van der Waals surface area contributed by atoms with Crippen LogP contribution in [0.15, 0.2) is 36.9 Å². The van der Waals surface area contributed by atoms with Gasteiger partial charge in [-0.2, -0.15) is 0 Å². The first-order valence-corrected chi connectivity index (χ1v) is 13.5. The lowest BCUT2D eigenvalue weighted by molar-refractivity contribution is 0.174. The lowest BCUT2D eigenvalue weighted by Gasteiger charge is -2.37. The van der Waals surface area contributed by atoms with Crippen LogP contribution in [0.5, 0.6) is 0 Å². The summed E-state index contributed by atoms with van der Waals surface area (Å²) < 4.78 is 0. The third-order valence-corrected chi connectivity index (χ3v) is 7.16. The van der Waals surface area contributed by atoms with Crippen molar-refractivity contribution in [3.05, 3.63) is 42.5 Å². The van der Waals surface area contributed by atoms with Crippen molar-refractivity contribution in [2.75, 3.05) is 42.9 Å². The standard InChI is InChI=1S/C28H42N8O/c1-20(2)35(15-7-13-29-27(37)34-23-11-9-22(10-12-23)28(3,4)5)16-21-8-6-14-36(17-21)26-24-25(31-18-30-24)32-19-33-26/h9-12,18-21H,6-8,13-17H2,1-5H3,(H2,29,34,37)(H,30,31,32,33). The van der Waals surface area contributed by atoms with Crippen molar-refractivity contribution in [1.29, 1.82) is 0 Å². The molecular formula is C28H42N8O. The number of rotatable bonds is 9. The number of carbonyl (C=O) groups excluding carboxylic acids is 1. The van der Waals surface area contributed by atoms with Crippen LogP contribution in [0.25, 0.3) is 11.2 Å². The minimum atomic E-state index is -0.155. The zero-order valence-corrected chi connectivity index (χ0v) is 22.9. The average molecular weight is 507 g/mol. The first-order chi connectivity index (χ1) is 17.7. The first-order valence-electron chi connectivity index (χ1n) is 13.5. The fourth-order valence-corrected chi connectivity index (χ4v) is 5.00. The molecule has 0 aliphatic carbocycles. The van der Waals surface area contributed by atoms with E-state index in [2.05, 4.69) is 87.1 Å². The number of aromatic amines is 1. The molecule has 3 heterocycles. The third-order valence-electron chi connectivity index (χ3n) is 7.16. The Kier molecular flexibility index (Phi) is 8.63. The Balaban J connectivity index is 1.23. The van der Waals surface area contributed by atoms with Crippen LogP contribution >= 0.6 is 0 Å². The molecule has 9 nitrogen and oxygen atoms in total. The first kappa shape index (κ1) is 26.9. The minimum absolute atomic E-state index is 0.0983. The van der Waals surface area contributed by atoms with Gasteiger partial charge < -0.3 is 25.4 Å². The highest BCUT2D eigenvalue weighted by atomic mass is 16.2. The summed E-state index contributed by atoms with van der Waals surface area (Å²) in [6.45, 7) is 15.7. The van der Waals surface area contributed by atoms with Crippen LogP contribution < -0.4 is 15.5 Å². The number of H-pyrrole nitrogens is 1. The van der Waals surface area contributed by atoms with Gasteiger partial charge in [-0.1, -0.05) is 32.9 Å². The molecule has 0 radical (unpaired) electrons. The number of piperidine rings is 1. The van der Waals surface area contributed by atoms with Gasteiger partial charge in [-0.05, 0) is 62.1 Å². The molecule has 3 N–H and O–H groups in total. The molecule has 1 saturated heterocycles. The molecule has 1 unspecified atom stereocenters. The zero-order chi connectivity index (χ0) is 26.4. The second-order valence-electron chi connectivity index (χ2n) is 11.4. The van der Waals surface area contributed by atoms with Crippen molar-refractivity contribution < 1.29 is 4.79 Å². The van der Waals surface area contributed by atoms with Crippen molar-refractivity contribution in [2.45, 2.75) is 65.3 Å². The summed E-state index contributed by atoms with van der Waals surface area (Å²) in [6, 6.07) is 8.37. The van der Waals surface area contributed by atoms with E-state index in [1.807, 2.05) is 12.1 Å². The van der Waals surface area contributed by atoms with Crippen molar-refractivity contribution in [3.63, 3.8) is 0 Å². The predicted molar refractivity (Wildman–Crippen MR) is 150 cm³/mol. The van der Waals surface area contributed by atoms with Gasteiger partial charge in [-0.15, -0.1) is 0 Å². The maximum Gasteiger partial charge on any atom is 0.319 e. The fraction of sp³-hybridized carbons (Fsp3) is 0.571. The lowest BCUT2D eigenvalue weighted by Crippen LogP contribution is -2.44. The fourth-order valence-electron chi connectivity index (χ4n) is 5.00. The van der Waals surface area contributed by atoms with Crippen molar-refractivity contribution >= 4 is 28.7 Å². The van der Waals surface area contributed by atoms with Crippen LogP contribution in [0.2, 0.25) is 0 Å². The Morgan fingerprint density at radius 1 is 1.19 bits per heavy atom. The molecular weight excluding hydrogens is 464 g/mol. The van der Waals surface area contributed by atoms with Crippen LogP contribution in [0.3, 0.4) is 0 Å². The topological polar surface area (TPSA) is 102 Å². The van der Waals surface area contributed by atoms with Crippen LogP contribution in [0.1, 0.15) is 59.4 Å². The van der Waals surface area contributed by atoms with Gasteiger partial charge in [0, 0.05) is 44.5 Å². The van der Waals surface area contributed by atoms with Crippen molar-refractivity contribution in [1.82, 2.24) is 30.2 Å². The van der Waals surface area contributed by atoms with E-state index >= 15 is 0 Å². The predicted octanol–water partition coefficient (Wildman–Crippen LogP) is 4.79. The Labute approximate surface area is 220 Å². The van der Waals surface area contributed by atoms with Crippen LogP contribution in [-0.4, -0.2) is 69.6 Å². The summed E-state index contributed by atoms with van der Waals surface area (Å²) in [5, 5.41) is 5.95. The molecule has 0 saturated carbocycles. The Hall–Kier alpha value is -3.20. The van der Waals surface area contributed by atoms with Gasteiger partial charge >= 0.3 is 6.03 Å². The summed E-state index contributed by atoms with van der Waals surface area (Å²) in [5.74, 6) is 1.52. The molecule has 1 aromatic carbocycles. The number of nitrogens with one attached hydrogen (secondary N) is 3. The van der Waals surface area contributed by atoms with E-state index in [0.29, 0.717) is 18.5 Å². The van der Waals surface area contributed by atoms with E-state index in [1.54, 1.807) is 12.7 Å². The van der Waals surface area contributed by atoms with E-state index in [1.165, 1.54) is 12.0 Å². The molecule has 37 heavy (non-hydrogen) atoms. The van der Waals surface area contributed by atoms with Crippen molar-refractivity contribution in [2.24, 2.45) is 5.92 Å². The van der Waals surface area contributed by atoms with E-state index in [9.17, 15) is 4.79 Å². The second kappa shape index (κ2) is 11.9. The quantitative estimate of drug-likeness (QED) is 0.361. The number of aromatic nitrogens is 4. The molecule has 4 rings (SSSR count). The minimum Gasteiger partial charge on any atom is -0.354 e. The molecule has 200 valence electrons. The molecule has 0 spiro atoms. The van der Waals surface area contributed by atoms with Crippen molar-refractivity contribution in [3.8, 4) is 0 Å². The summed E-state index contributed by atoms with van der Waals surface area (Å²) >= 11 is 0. The summed E-state index contributed by atoms with van der Waals surface area (Å²) in [7, 11) is 0. The van der Waals surface area contributed by atoms with Gasteiger partial charge in [-0.25, -0.2) is 19.7 Å². The number of hydrogen-bond donors (Lipinski definition) is 3. The summed E-state index contributed by atoms with van der Waals surface area (Å²) in [6.07, 6.45) is 6.56. The van der Waals surface area contributed by atoms with Gasteiger partial charge in [0.15, 0.2) is 11.5 Å². The maximum absolute atomic E-state index is 12.4. The molecule has 1 aliphatic rings. The van der Waals surface area contributed by atoms with Gasteiger partial charge in [0.25, 0.3) is 0 Å². The highest BCUT2D eigenvalue weighted by Crippen LogP contribution is 2.27. The number of hydrogen-bond acceptors (Lipinski definition) is 6. The molecule has 1 atom stereocenters. The third kappa shape index (κ3) is 7.19. The van der Waals surface area contributed by atoms with Gasteiger partial charge in [0.1, 0.15) is 11.8 Å². The molecule has 3 aromatic rings. The van der Waals surface area contributed by atoms with E-state index < -0.39 is 0 Å². The molecule has 1 aliphatic heterocycles. The number of urea groups is 1. The highest BCUT2D eigenvalue weighted by Gasteiger charge is 2.25. The number of fused-ring (bicyclic) bond motifs is 1. The van der Waals surface area contributed by atoms with Crippen LogP contribution in [-0.2, 0) is 5.41 Å². The Morgan fingerprint density at radius 2 is 1.97 bits per heavy atom. The van der Waals surface area contributed by atoms with Gasteiger partial charge in [0.05, 0.1) is 6.33 Å². The number of anilines is 2. The number of benzene rings is 1. The smallest absolute Gasteiger partial charge is 0.319 e.